The first kappa shape index (κ1) is 24.1. The zero-order chi connectivity index (χ0) is 25.3. The molecule has 2 aromatic heterocycles. The largest absolute Gasteiger partial charge is 0.379 e. The van der Waals surface area contributed by atoms with Gasteiger partial charge in [-0.2, -0.15) is 18.2 Å². The summed E-state index contributed by atoms with van der Waals surface area (Å²) in [5.41, 5.74) is 3.96. The molecule has 9 nitrogen and oxygen atoms in total. The lowest BCUT2D eigenvalue weighted by atomic mass is 10.2. The first-order valence-corrected chi connectivity index (χ1v) is 12.2. The maximum absolute atomic E-state index is 12.9. The van der Waals surface area contributed by atoms with Crippen LogP contribution in [0.4, 0.5) is 5.82 Å². The predicted molar refractivity (Wildman–Crippen MR) is 131 cm³/mol. The van der Waals surface area contributed by atoms with Crippen LogP contribution in [0.1, 0.15) is 38.6 Å². The third-order valence-electron chi connectivity index (χ3n) is 5.17. The summed E-state index contributed by atoms with van der Waals surface area (Å²) in [5.74, 6) is 0.466. The Morgan fingerprint density at radius 3 is 2.17 bits per heavy atom. The molecule has 0 bridgehead atoms. The Kier molecular flexibility index (Phi) is 6.40. The number of aromatic nitrogens is 4. The fourth-order valence-electron chi connectivity index (χ4n) is 3.54. The molecule has 0 aliphatic heterocycles. The highest BCUT2D eigenvalue weighted by Gasteiger charge is 2.20. The number of hydrogen-bond donors (Lipinski definition) is 1. The van der Waals surface area contributed by atoms with Crippen molar-refractivity contribution >= 4 is 21.8 Å². The minimum Gasteiger partial charge on any atom is -0.379 e. The van der Waals surface area contributed by atoms with Gasteiger partial charge >= 0.3 is 10.1 Å². The van der Waals surface area contributed by atoms with Crippen molar-refractivity contribution in [2.75, 3.05) is 5.32 Å². The molecule has 0 fully saturated rings. The number of nitrogens with zero attached hydrogens (tertiary/aromatic N) is 4. The highest BCUT2D eigenvalue weighted by atomic mass is 32.2. The Balaban J connectivity index is 1.53. The topological polar surface area (TPSA) is 116 Å². The van der Waals surface area contributed by atoms with E-state index in [1.54, 1.807) is 32.0 Å². The number of aryl methyl sites for hydroxylation is 5. The van der Waals surface area contributed by atoms with Gasteiger partial charge in [0.25, 0.3) is 11.9 Å². The van der Waals surface area contributed by atoms with Gasteiger partial charge in [-0.3, -0.25) is 4.79 Å². The number of anilines is 1. The fraction of sp³-hybridized carbons (Fsp3) is 0.200. The van der Waals surface area contributed by atoms with Gasteiger partial charge in [0.15, 0.2) is 0 Å². The molecule has 1 amide bonds. The van der Waals surface area contributed by atoms with Crippen molar-refractivity contribution in [3.05, 3.63) is 88.4 Å². The number of carbonyl (C=O) groups is 1. The van der Waals surface area contributed by atoms with Crippen LogP contribution in [-0.4, -0.2) is 34.1 Å². The number of hydrogen-bond acceptors (Lipinski definition) is 7. The van der Waals surface area contributed by atoms with Gasteiger partial charge in [-0.1, -0.05) is 12.1 Å². The van der Waals surface area contributed by atoms with Crippen molar-refractivity contribution in [2.24, 2.45) is 0 Å². The van der Waals surface area contributed by atoms with Crippen LogP contribution >= 0.6 is 0 Å². The van der Waals surface area contributed by atoms with E-state index in [4.69, 9.17) is 4.18 Å². The summed E-state index contributed by atoms with van der Waals surface area (Å²) in [7, 11) is -4.01. The van der Waals surface area contributed by atoms with Gasteiger partial charge in [0.1, 0.15) is 16.5 Å². The lowest BCUT2D eigenvalue weighted by Crippen LogP contribution is -2.16. The molecule has 0 aliphatic carbocycles. The van der Waals surface area contributed by atoms with Crippen molar-refractivity contribution in [3.63, 3.8) is 0 Å². The van der Waals surface area contributed by atoms with Gasteiger partial charge in [-0.25, -0.2) is 9.97 Å². The molecule has 35 heavy (non-hydrogen) atoms. The van der Waals surface area contributed by atoms with Crippen molar-refractivity contribution < 1.29 is 17.4 Å². The average Bonchev–Trinajstić information content (AvgIpc) is 3.15. The maximum atomic E-state index is 12.9. The second-order valence-corrected chi connectivity index (χ2v) is 9.83. The molecule has 0 saturated carbocycles. The Morgan fingerprint density at radius 1 is 0.857 bits per heavy atom. The van der Waals surface area contributed by atoms with E-state index in [1.165, 1.54) is 28.9 Å². The van der Waals surface area contributed by atoms with Gasteiger partial charge in [0.05, 0.1) is 5.69 Å². The first-order valence-electron chi connectivity index (χ1n) is 10.8. The molecule has 2 aromatic carbocycles. The van der Waals surface area contributed by atoms with Crippen LogP contribution in [-0.2, 0) is 10.1 Å². The van der Waals surface area contributed by atoms with Crippen LogP contribution in [0.3, 0.4) is 0 Å². The van der Waals surface area contributed by atoms with Gasteiger partial charge < -0.3 is 9.50 Å². The number of carbonyl (C=O) groups excluding carboxylic acids is 1. The van der Waals surface area contributed by atoms with E-state index in [2.05, 4.69) is 20.4 Å². The summed E-state index contributed by atoms with van der Waals surface area (Å²) < 4.78 is 32.2. The van der Waals surface area contributed by atoms with Crippen molar-refractivity contribution in [2.45, 2.75) is 39.5 Å². The van der Waals surface area contributed by atoms with E-state index < -0.39 is 16.0 Å². The molecule has 0 aliphatic rings. The van der Waals surface area contributed by atoms with Crippen LogP contribution in [0, 0.1) is 34.6 Å². The fourth-order valence-corrected chi connectivity index (χ4v) is 4.79. The SMILES string of the molecule is Cc1ccc(C)c(S(=O)(=O)Oc2ccc(C(=O)Nc3cc(C)nn3-c3nc(C)cc(C)n3)cc2)c1. The second kappa shape index (κ2) is 9.30. The Bertz CT molecular complexity index is 1510. The molecule has 180 valence electrons. The molecule has 0 atom stereocenters. The minimum atomic E-state index is -4.01. The van der Waals surface area contributed by atoms with Crippen LogP contribution < -0.4 is 9.50 Å². The number of amides is 1. The molecule has 0 unspecified atom stereocenters. The van der Waals surface area contributed by atoms with Crippen LogP contribution in [0.25, 0.3) is 5.95 Å². The van der Waals surface area contributed by atoms with Crippen molar-refractivity contribution in [1.29, 1.82) is 0 Å². The summed E-state index contributed by atoms with van der Waals surface area (Å²) in [6.45, 7) is 9.04. The van der Waals surface area contributed by atoms with Gasteiger partial charge in [-0.15, -0.1) is 0 Å². The molecular formula is C25H25N5O4S. The summed E-state index contributed by atoms with van der Waals surface area (Å²) in [5, 5.41) is 7.21. The van der Waals surface area contributed by atoms with Crippen molar-refractivity contribution in [3.8, 4) is 11.7 Å². The summed E-state index contributed by atoms with van der Waals surface area (Å²) >= 11 is 0. The molecule has 4 rings (SSSR count). The molecule has 0 radical (unpaired) electrons. The minimum absolute atomic E-state index is 0.104. The van der Waals surface area contributed by atoms with E-state index in [1.807, 2.05) is 32.9 Å². The van der Waals surface area contributed by atoms with E-state index >= 15 is 0 Å². The van der Waals surface area contributed by atoms with Crippen LogP contribution in [0.2, 0.25) is 0 Å². The summed E-state index contributed by atoms with van der Waals surface area (Å²) in [6, 6.07) is 14.6. The lowest BCUT2D eigenvalue weighted by molar-refractivity contribution is 0.102. The van der Waals surface area contributed by atoms with E-state index in [-0.39, 0.29) is 10.6 Å². The zero-order valence-electron chi connectivity index (χ0n) is 20.0. The van der Waals surface area contributed by atoms with Crippen LogP contribution in [0.5, 0.6) is 5.75 Å². The highest BCUT2D eigenvalue weighted by Crippen LogP contribution is 2.23. The Labute approximate surface area is 203 Å². The molecule has 4 aromatic rings. The van der Waals surface area contributed by atoms with Gasteiger partial charge in [0.2, 0.25) is 0 Å². The predicted octanol–water partition coefficient (Wildman–Crippen LogP) is 4.22. The summed E-state index contributed by atoms with van der Waals surface area (Å²) in [4.78, 5) is 21.8. The number of benzene rings is 2. The molecule has 0 saturated heterocycles. The lowest BCUT2D eigenvalue weighted by Gasteiger charge is -2.11. The third kappa shape index (κ3) is 5.38. The second-order valence-electron chi connectivity index (χ2n) is 8.32. The van der Waals surface area contributed by atoms with E-state index in [0.29, 0.717) is 28.6 Å². The monoisotopic (exact) mass is 491 g/mol. The number of rotatable bonds is 6. The van der Waals surface area contributed by atoms with E-state index in [9.17, 15) is 13.2 Å². The van der Waals surface area contributed by atoms with Crippen molar-refractivity contribution in [1.82, 2.24) is 19.7 Å². The summed E-state index contributed by atoms with van der Waals surface area (Å²) in [6.07, 6.45) is 0. The normalized spacial score (nSPS) is 11.3. The van der Waals surface area contributed by atoms with Crippen LogP contribution in [0.15, 0.2) is 59.5 Å². The van der Waals surface area contributed by atoms with Gasteiger partial charge in [0, 0.05) is 23.0 Å². The standard InChI is InChI=1S/C25H25N5O4S/c1-15-6-7-16(2)22(12-15)35(32,33)34-21-10-8-20(9-11-21)24(31)28-23-14-19(5)29-30(23)25-26-17(3)13-18(4)27-25/h6-14H,1-5H3,(H,28,31). The highest BCUT2D eigenvalue weighted by molar-refractivity contribution is 7.87. The Morgan fingerprint density at radius 2 is 1.51 bits per heavy atom. The zero-order valence-corrected chi connectivity index (χ0v) is 20.8. The average molecular weight is 492 g/mol. The molecule has 0 spiro atoms. The molecular weight excluding hydrogens is 466 g/mol. The maximum Gasteiger partial charge on any atom is 0.339 e. The number of nitrogens with one attached hydrogen (secondary N) is 1. The molecule has 1 N–H and O–H groups in total. The van der Waals surface area contributed by atoms with E-state index in [0.717, 1.165) is 17.0 Å². The quantitative estimate of drug-likeness (QED) is 0.401. The molecule has 2 heterocycles. The first-order chi connectivity index (χ1) is 16.5. The Hall–Kier alpha value is -4.05. The van der Waals surface area contributed by atoms with Gasteiger partial charge in [-0.05, 0) is 82.1 Å². The third-order valence-corrected chi connectivity index (χ3v) is 6.56. The molecule has 10 heteroatoms. The smallest absolute Gasteiger partial charge is 0.339 e.